The van der Waals surface area contributed by atoms with Gasteiger partial charge in [-0.25, -0.2) is 0 Å². The summed E-state index contributed by atoms with van der Waals surface area (Å²) in [5, 5.41) is 6.28. The van der Waals surface area contributed by atoms with Crippen molar-refractivity contribution in [2.45, 2.75) is 19.9 Å². The average molecular weight is 340 g/mol. The molecule has 1 aliphatic heterocycles. The normalized spacial score (nSPS) is 14.4. The lowest BCUT2D eigenvalue weighted by Gasteiger charge is -2.30. The van der Waals surface area contributed by atoms with E-state index >= 15 is 0 Å². The van der Waals surface area contributed by atoms with Gasteiger partial charge in [-0.1, -0.05) is 12.1 Å². The summed E-state index contributed by atoms with van der Waals surface area (Å²) in [6, 6.07) is 10.1. The van der Waals surface area contributed by atoms with Crippen molar-refractivity contribution in [2.75, 3.05) is 36.5 Å². The first-order valence-electron chi connectivity index (χ1n) is 8.58. The van der Waals surface area contributed by atoms with Gasteiger partial charge in [0.05, 0.1) is 42.0 Å². The first-order chi connectivity index (χ1) is 12.1. The van der Waals surface area contributed by atoms with E-state index in [1.54, 1.807) is 12.4 Å². The van der Waals surface area contributed by atoms with E-state index in [4.69, 9.17) is 4.74 Å². The van der Waals surface area contributed by atoms with Crippen molar-refractivity contribution in [1.29, 1.82) is 0 Å². The Morgan fingerprint density at radius 1 is 1.20 bits per heavy atom. The Labute approximate surface area is 148 Å². The molecular formula is C19H24N4O2. The van der Waals surface area contributed by atoms with Gasteiger partial charge in [0.1, 0.15) is 0 Å². The predicted octanol–water partition coefficient (Wildman–Crippen LogP) is 2.80. The maximum absolute atomic E-state index is 12.2. The molecule has 0 radical (unpaired) electrons. The fourth-order valence-corrected chi connectivity index (χ4v) is 2.79. The molecule has 1 aromatic carbocycles. The van der Waals surface area contributed by atoms with Crippen LogP contribution in [0, 0.1) is 0 Å². The van der Waals surface area contributed by atoms with Gasteiger partial charge in [0, 0.05) is 25.3 Å². The minimum atomic E-state index is -0.118. The summed E-state index contributed by atoms with van der Waals surface area (Å²) >= 11 is 0. The molecule has 2 heterocycles. The molecule has 0 spiro atoms. The third kappa shape index (κ3) is 4.48. The van der Waals surface area contributed by atoms with Gasteiger partial charge in [-0.05, 0) is 32.0 Å². The third-order valence-corrected chi connectivity index (χ3v) is 3.96. The molecule has 2 aromatic rings. The number of ether oxygens (including phenoxy) is 1. The summed E-state index contributed by atoms with van der Waals surface area (Å²) in [4.78, 5) is 18.7. The third-order valence-electron chi connectivity index (χ3n) is 3.96. The molecule has 6 nitrogen and oxygen atoms in total. The molecule has 0 atom stereocenters. The second-order valence-corrected chi connectivity index (χ2v) is 6.33. The topological polar surface area (TPSA) is 66.5 Å². The molecule has 1 aliphatic rings. The van der Waals surface area contributed by atoms with Crippen LogP contribution in [-0.2, 0) is 4.74 Å². The molecule has 25 heavy (non-hydrogen) atoms. The summed E-state index contributed by atoms with van der Waals surface area (Å²) in [7, 11) is 0. The molecular weight excluding hydrogens is 316 g/mol. The Morgan fingerprint density at radius 2 is 1.96 bits per heavy atom. The van der Waals surface area contributed by atoms with Crippen LogP contribution in [0.4, 0.5) is 17.1 Å². The number of hydrogen-bond acceptors (Lipinski definition) is 5. The fraction of sp³-hybridized carbons (Fsp3) is 0.368. The van der Waals surface area contributed by atoms with E-state index in [9.17, 15) is 4.79 Å². The van der Waals surface area contributed by atoms with Crippen LogP contribution in [0.2, 0.25) is 0 Å². The summed E-state index contributed by atoms with van der Waals surface area (Å²) in [6.45, 7) is 7.08. The molecule has 1 saturated heterocycles. The highest BCUT2D eigenvalue weighted by atomic mass is 16.5. The van der Waals surface area contributed by atoms with Crippen molar-refractivity contribution < 1.29 is 9.53 Å². The van der Waals surface area contributed by atoms with Crippen LogP contribution in [0.3, 0.4) is 0 Å². The summed E-state index contributed by atoms with van der Waals surface area (Å²) in [5.74, 6) is -0.118. The highest BCUT2D eigenvalue weighted by molar-refractivity contribution is 5.95. The zero-order valence-electron chi connectivity index (χ0n) is 14.7. The predicted molar refractivity (Wildman–Crippen MR) is 99.6 cm³/mol. The number of pyridine rings is 1. The number of benzene rings is 1. The van der Waals surface area contributed by atoms with Gasteiger partial charge in [-0.15, -0.1) is 0 Å². The van der Waals surface area contributed by atoms with Crippen LogP contribution < -0.4 is 15.5 Å². The Bertz CT molecular complexity index is 727. The van der Waals surface area contributed by atoms with Crippen LogP contribution in [0.1, 0.15) is 24.2 Å². The van der Waals surface area contributed by atoms with Crippen LogP contribution in [0.15, 0.2) is 42.7 Å². The zero-order chi connectivity index (χ0) is 17.6. The standard InChI is InChI=1S/C19H24N4O2/c1-14(2)21-19(24)15-11-16(13-20-12-15)22-17-5-3-4-6-18(17)23-7-9-25-10-8-23/h3-6,11-14,22H,7-10H2,1-2H3,(H,21,24). The number of aromatic nitrogens is 1. The van der Waals surface area contributed by atoms with E-state index in [-0.39, 0.29) is 11.9 Å². The summed E-state index contributed by atoms with van der Waals surface area (Å²) in [6.07, 6.45) is 3.30. The molecule has 132 valence electrons. The van der Waals surface area contributed by atoms with Crippen molar-refractivity contribution in [1.82, 2.24) is 10.3 Å². The van der Waals surface area contributed by atoms with Crippen molar-refractivity contribution in [2.24, 2.45) is 0 Å². The van der Waals surface area contributed by atoms with Gasteiger partial charge in [0.2, 0.25) is 0 Å². The number of morpholine rings is 1. The Balaban J connectivity index is 1.80. The molecule has 0 unspecified atom stereocenters. The second-order valence-electron chi connectivity index (χ2n) is 6.33. The molecule has 6 heteroatoms. The van der Waals surface area contributed by atoms with Crippen LogP contribution >= 0.6 is 0 Å². The lowest BCUT2D eigenvalue weighted by Crippen LogP contribution is -2.36. The van der Waals surface area contributed by atoms with Gasteiger partial charge >= 0.3 is 0 Å². The molecule has 1 fully saturated rings. The maximum atomic E-state index is 12.2. The largest absolute Gasteiger partial charge is 0.378 e. The summed E-state index contributed by atoms with van der Waals surface area (Å²) in [5.41, 5.74) is 3.45. The van der Waals surface area contributed by atoms with Gasteiger partial charge < -0.3 is 20.3 Å². The number of anilines is 3. The number of para-hydroxylation sites is 2. The van der Waals surface area contributed by atoms with Crippen molar-refractivity contribution in [3.05, 3.63) is 48.3 Å². The number of carbonyl (C=O) groups excluding carboxylic acids is 1. The van der Waals surface area contributed by atoms with Gasteiger partial charge in [0.15, 0.2) is 0 Å². The highest BCUT2D eigenvalue weighted by Gasteiger charge is 2.15. The molecule has 3 rings (SSSR count). The first-order valence-corrected chi connectivity index (χ1v) is 8.58. The van der Waals surface area contributed by atoms with Crippen molar-refractivity contribution in [3.8, 4) is 0 Å². The van der Waals surface area contributed by atoms with Crippen molar-refractivity contribution >= 4 is 23.0 Å². The number of rotatable bonds is 5. The first kappa shape index (κ1) is 17.2. The van der Waals surface area contributed by atoms with E-state index in [1.165, 1.54) is 0 Å². The number of nitrogens with zero attached hydrogens (tertiary/aromatic N) is 2. The number of hydrogen-bond donors (Lipinski definition) is 2. The van der Waals surface area contributed by atoms with E-state index in [1.807, 2.05) is 38.1 Å². The molecule has 0 saturated carbocycles. The highest BCUT2D eigenvalue weighted by Crippen LogP contribution is 2.29. The quantitative estimate of drug-likeness (QED) is 0.876. The summed E-state index contributed by atoms with van der Waals surface area (Å²) < 4.78 is 5.44. The monoisotopic (exact) mass is 340 g/mol. The van der Waals surface area contributed by atoms with E-state index in [0.717, 1.165) is 43.4 Å². The smallest absolute Gasteiger partial charge is 0.253 e. The molecule has 0 bridgehead atoms. The Morgan fingerprint density at radius 3 is 2.72 bits per heavy atom. The SMILES string of the molecule is CC(C)NC(=O)c1cncc(Nc2ccccc2N2CCOCC2)c1. The van der Waals surface area contributed by atoms with Crippen LogP contribution in [-0.4, -0.2) is 43.2 Å². The number of amides is 1. The number of carbonyl (C=O) groups is 1. The lowest BCUT2D eigenvalue weighted by atomic mass is 10.2. The van der Waals surface area contributed by atoms with Gasteiger partial charge in [-0.3, -0.25) is 9.78 Å². The van der Waals surface area contributed by atoms with E-state index in [0.29, 0.717) is 5.56 Å². The van der Waals surface area contributed by atoms with E-state index in [2.05, 4.69) is 26.6 Å². The average Bonchev–Trinajstić information content (AvgIpc) is 2.63. The Kier molecular flexibility index (Phi) is 5.50. The van der Waals surface area contributed by atoms with Crippen LogP contribution in [0.25, 0.3) is 0 Å². The van der Waals surface area contributed by atoms with Gasteiger partial charge in [0.25, 0.3) is 5.91 Å². The molecule has 0 aliphatic carbocycles. The second kappa shape index (κ2) is 7.98. The lowest BCUT2D eigenvalue weighted by molar-refractivity contribution is 0.0943. The molecule has 1 amide bonds. The maximum Gasteiger partial charge on any atom is 0.253 e. The fourth-order valence-electron chi connectivity index (χ4n) is 2.79. The Hall–Kier alpha value is -2.60. The van der Waals surface area contributed by atoms with E-state index < -0.39 is 0 Å². The van der Waals surface area contributed by atoms with Gasteiger partial charge in [-0.2, -0.15) is 0 Å². The molecule has 1 aromatic heterocycles. The number of nitrogens with one attached hydrogen (secondary N) is 2. The van der Waals surface area contributed by atoms with Crippen LogP contribution in [0.5, 0.6) is 0 Å². The minimum absolute atomic E-state index is 0.0890. The zero-order valence-corrected chi connectivity index (χ0v) is 14.7. The minimum Gasteiger partial charge on any atom is -0.378 e. The molecule has 2 N–H and O–H groups in total. The van der Waals surface area contributed by atoms with Crippen molar-refractivity contribution in [3.63, 3.8) is 0 Å².